The van der Waals surface area contributed by atoms with Gasteiger partial charge in [-0.3, -0.25) is 4.79 Å². The smallest absolute Gasteiger partial charge is 0.226 e. The minimum absolute atomic E-state index is 0.127. The number of aliphatic hydroxyl groups excluding tert-OH is 1. The molecule has 1 unspecified atom stereocenters. The van der Waals surface area contributed by atoms with Crippen LogP contribution in [0.2, 0.25) is 0 Å². The van der Waals surface area contributed by atoms with E-state index >= 15 is 0 Å². The lowest BCUT2D eigenvalue weighted by atomic mass is 9.82. The summed E-state index contributed by atoms with van der Waals surface area (Å²) in [6, 6.07) is 9.57. The Hall–Kier alpha value is -1.39. The Kier molecular flexibility index (Phi) is 6.40. The predicted octanol–water partition coefficient (Wildman–Crippen LogP) is 2.82. The summed E-state index contributed by atoms with van der Waals surface area (Å²) in [6.45, 7) is 1.13. The maximum atomic E-state index is 12.5. The first-order valence-electron chi connectivity index (χ1n) is 8.18. The second kappa shape index (κ2) is 8.30. The molecule has 1 atom stereocenters. The van der Waals surface area contributed by atoms with Gasteiger partial charge in [-0.15, -0.1) is 0 Å². The summed E-state index contributed by atoms with van der Waals surface area (Å²) >= 11 is 0. The number of methoxy groups -OCH3 is 1. The van der Waals surface area contributed by atoms with Crippen molar-refractivity contribution in [3.8, 4) is 0 Å². The summed E-state index contributed by atoms with van der Waals surface area (Å²) in [6.07, 6.45) is 4.92. The largest absolute Gasteiger partial charge is 0.388 e. The van der Waals surface area contributed by atoms with E-state index in [2.05, 4.69) is 5.32 Å². The van der Waals surface area contributed by atoms with Crippen molar-refractivity contribution in [3.05, 3.63) is 35.9 Å². The van der Waals surface area contributed by atoms with Gasteiger partial charge in [0.05, 0.1) is 11.5 Å². The van der Waals surface area contributed by atoms with Gasteiger partial charge >= 0.3 is 0 Å². The van der Waals surface area contributed by atoms with Crippen molar-refractivity contribution in [1.82, 2.24) is 5.32 Å². The number of aliphatic hydroxyl groups is 1. The SMILES string of the molecule is COCCC1(C(=O)NCCC(O)c2ccccc2)CCCC1. The van der Waals surface area contributed by atoms with Gasteiger partial charge < -0.3 is 15.2 Å². The van der Waals surface area contributed by atoms with Gasteiger partial charge in [0.2, 0.25) is 5.91 Å². The lowest BCUT2D eigenvalue weighted by Crippen LogP contribution is -2.40. The third-order valence-corrected chi connectivity index (χ3v) is 4.71. The fourth-order valence-corrected chi connectivity index (χ4v) is 3.29. The molecular formula is C18H27NO3. The molecule has 0 bridgehead atoms. The molecule has 1 aromatic rings. The van der Waals surface area contributed by atoms with E-state index in [0.717, 1.165) is 37.7 Å². The molecule has 0 radical (unpaired) electrons. The quantitative estimate of drug-likeness (QED) is 0.776. The second-order valence-corrected chi connectivity index (χ2v) is 6.20. The monoisotopic (exact) mass is 305 g/mol. The molecule has 0 spiro atoms. The van der Waals surface area contributed by atoms with E-state index in [1.165, 1.54) is 0 Å². The zero-order valence-corrected chi connectivity index (χ0v) is 13.4. The van der Waals surface area contributed by atoms with Gasteiger partial charge in [0, 0.05) is 20.3 Å². The van der Waals surface area contributed by atoms with Crippen molar-refractivity contribution in [1.29, 1.82) is 0 Å². The number of hydrogen-bond acceptors (Lipinski definition) is 3. The molecule has 4 nitrogen and oxygen atoms in total. The first-order valence-corrected chi connectivity index (χ1v) is 8.18. The highest BCUT2D eigenvalue weighted by Gasteiger charge is 2.40. The summed E-state index contributed by atoms with van der Waals surface area (Å²) in [7, 11) is 1.68. The average molecular weight is 305 g/mol. The van der Waals surface area contributed by atoms with Crippen LogP contribution < -0.4 is 5.32 Å². The summed E-state index contributed by atoms with van der Waals surface area (Å²) < 4.78 is 5.16. The van der Waals surface area contributed by atoms with Crippen molar-refractivity contribution in [2.75, 3.05) is 20.3 Å². The van der Waals surface area contributed by atoms with Crippen molar-refractivity contribution >= 4 is 5.91 Å². The molecule has 22 heavy (non-hydrogen) atoms. The Morgan fingerprint density at radius 3 is 2.64 bits per heavy atom. The Morgan fingerprint density at radius 1 is 1.32 bits per heavy atom. The number of carbonyl (C=O) groups excluding carboxylic acids is 1. The van der Waals surface area contributed by atoms with E-state index in [0.29, 0.717) is 19.6 Å². The minimum atomic E-state index is -0.528. The molecule has 1 aromatic carbocycles. The van der Waals surface area contributed by atoms with E-state index < -0.39 is 6.10 Å². The summed E-state index contributed by atoms with van der Waals surface area (Å²) in [5.41, 5.74) is 0.639. The molecule has 0 saturated heterocycles. The fourth-order valence-electron chi connectivity index (χ4n) is 3.29. The highest BCUT2D eigenvalue weighted by Crippen LogP contribution is 2.41. The van der Waals surface area contributed by atoms with Crippen LogP contribution in [0.4, 0.5) is 0 Å². The summed E-state index contributed by atoms with van der Waals surface area (Å²) in [4.78, 5) is 12.5. The van der Waals surface area contributed by atoms with Crippen molar-refractivity contribution in [2.45, 2.75) is 44.6 Å². The molecule has 0 aliphatic heterocycles. The van der Waals surface area contributed by atoms with Crippen LogP contribution >= 0.6 is 0 Å². The summed E-state index contributed by atoms with van der Waals surface area (Å²) in [5.74, 6) is 0.127. The number of hydrogen-bond donors (Lipinski definition) is 2. The molecule has 1 aliphatic rings. The van der Waals surface area contributed by atoms with Crippen LogP contribution in [-0.4, -0.2) is 31.3 Å². The molecule has 0 aromatic heterocycles. The number of amides is 1. The molecule has 0 heterocycles. The van der Waals surface area contributed by atoms with Gasteiger partial charge in [-0.1, -0.05) is 43.2 Å². The van der Waals surface area contributed by atoms with Gasteiger partial charge in [0.25, 0.3) is 0 Å². The molecule has 2 rings (SSSR count). The standard InChI is InChI=1S/C18H27NO3/c1-22-14-12-18(10-5-6-11-18)17(21)19-13-9-16(20)15-7-3-2-4-8-15/h2-4,7-8,16,20H,5-6,9-14H2,1H3,(H,19,21). The molecule has 1 fully saturated rings. The van der Waals surface area contributed by atoms with Crippen LogP contribution in [0.1, 0.15) is 50.2 Å². The highest BCUT2D eigenvalue weighted by atomic mass is 16.5. The van der Waals surface area contributed by atoms with Crippen LogP contribution in [0.15, 0.2) is 30.3 Å². The van der Waals surface area contributed by atoms with Crippen molar-refractivity contribution < 1.29 is 14.6 Å². The zero-order chi connectivity index (χ0) is 15.8. The van der Waals surface area contributed by atoms with E-state index in [9.17, 15) is 9.90 Å². The topological polar surface area (TPSA) is 58.6 Å². The van der Waals surface area contributed by atoms with Crippen LogP contribution in [-0.2, 0) is 9.53 Å². The molecule has 122 valence electrons. The number of benzene rings is 1. The number of nitrogens with one attached hydrogen (secondary N) is 1. The van der Waals surface area contributed by atoms with E-state index in [1.807, 2.05) is 30.3 Å². The van der Waals surface area contributed by atoms with Crippen LogP contribution in [0.5, 0.6) is 0 Å². The predicted molar refractivity (Wildman–Crippen MR) is 86.4 cm³/mol. The summed E-state index contributed by atoms with van der Waals surface area (Å²) in [5, 5.41) is 13.2. The minimum Gasteiger partial charge on any atom is -0.388 e. The Morgan fingerprint density at radius 2 is 2.00 bits per heavy atom. The van der Waals surface area contributed by atoms with Gasteiger partial charge in [-0.2, -0.15) is 0 Å². The molecule has 1 amide bonds. The number of carbonyl (C=O) groups is 1. The first-order chi connectivity index (χ1) is 10.7. The van der Waals surface area contributed by atoms with Crippen LogP contribution in [0.25, 0.3) is 0 Å². The van der Waals surface area contributed by atoms with Crippen LogP contribution in [0.3, 0.4) is 0 Å². The van der Waals surface area contributed by atoms with Gasteiger partial charge in [0.1, 0.15) is 0 Å². The maximum Gasteiger partial charge on any atom is 0.226 e. The molecule has 1 aliphatic carbocycles. The van der Waals surface area contributed by atoms with Gasteiger partial charge in [0.15, 0.2) is 0 Å². The molecular weight excluding hydrogens is 278 g/mol. The Labute approximate surface area is 132 Å². The van der Waals surface area contributed by atoms with Gasteiger partial charge in [-0.25, -0.2) is 0 Å². The molecule has 2 N–H and O–H groups in total. The number of ether oxygens (including phenoxy) is 1. The zero-order valence-electron chi connectivity index (χ0n) is 13.4. The van der Waals surface area contributed by atoms with Crippen LogP contribution in [0, 0.1) is 5.41 Å². The van der Waals surface area contributed by atoms with E-state index in [-0.39, 0.29) is 11.3 Å². The second-order valence-electron chi connectivity index (χ2n) is 6.20. The van der Waals surface area contributed by atoms with Crippen molar-refractivity contribution in [2.24, 2.45) is 5.41 Å². The lowest BCUT2D eigenvalue weighted by molar-refractivity contribution is -0.132. The third kappa shape index (κ3) is 4.31. The molecule has 1 saturated carbocycles. The first kappa shape index (κ1) is 17.0. The Balaban J connectivity index is 1.81. The maximum absolute atomic E-state index is 12.5. The van der Waals surface area contributed by atoms with Crippen molar-refractivity contribution in [3.63, 3.8) is 0 Å². The third-order valence-electron chi connectivity index (χ3n) is 4.71. The lowest BCUT2D eigenvalue weighted by Gasteiger charge is -2.27. The number of rotatable bonds is 8. The molecule has 4 heteroatoms. The highest BCUT2D eigenvalue weighted by molar-refractivity contribution is 5.82. The van der Waals surface area contributed by atoms with E-state index in [1.54, 1.807) is 7.11 Å². The van der Waals surface area contributed by atoms with Gasteiger partial charge in [-0.05, 0) is 31.2 Å². The average Bonchev–Trinajstić information content (AvgIpc) is 3.03. The Bertz CT molecular complexity index is 455. The fraction of sp³-hybridized carbons (Fsp3) is 0.611. The normalized spacial score (nSPS) is 18.1. The van der Waals surface area contributed by atoms with E-state index in [4.69, 9.17) is 4.74 Å².